The van der Waals surface area contributed by atoms with Crippen LogP contribution in [0.15, 0.2) is 42.5 Å². The summed E-state index contributed by atoms with van der Waals surface area (Å²) < 4.78 is 6.18. The molecule has 1 aromatic rings. The van der Waals surface area contributed by atoms with Crippen LogP contribution in [0.25, 0.3) is 0 Å². The largest absolute Gasteiger partial charge is 0.481 e. The Kier molecular flexibility index (Phi) is 9.61. The molecule has 0 aromatic heterocycles. The molecule has 3 N–H and O–H groups in total. The third-order valence-electron chi connectivity index (χ3n) is 16.5. The van der Waals surface area contributed by atoms with Crippen molar-refractivity contribution in [2.75, 3.05) is 0 Å². The Morgan fingerprint density at radius 1 is 0.902 bits per heavy atom. The fraction of sp³-hybridized carbons (Fsp3) is 0.750. The summed E-state index contributed by atoms with van der Waals surface area (Å²) in [6.45, 7) is 24.4. The lowest BCUT2D eigenvalue weighted by molar-refractivity contribution is -0.246. The number of carboxylic acids is 1. The number of ether oxygens (including phenoxy) is 1. The van der Waals surface area contributed by atoms with E-state index in [-0.39, 0.29) is 51.8 Å². The molecule has 51 heavy (non-hydrogen) atoms. The molecule has 5 saturated carbocycles. The van der Waals surface area contributed by atoms with E-state index in [1.165, 1.54) is 18.4 Å². The van der Waals surface area contributed by atoms with Crippen LogP contribution in [0.2, 0.25) is 0 Å². The van der Waals surface area contributed by atoms with Crippen LogP contribution in [-0.4, -0.2) is 34.7 Å². The highest BCUT2D eigenvalue weighted by Gasteiger charge is 2.71. The molecule has 6 unspecified atom stereocenters. The maximum Gasteiger partial charge on any atom is 0.315 e. The van der Waals surface area contributed by atoms with Crippen LogP contribution in [0.3, 0.4) is 0 Å². The Bertz CT molecular complexity index is 1540. The summed E-state index contributed by atoms with van der Waals surface area (Å²) in [5.74, 6) is 0.883. The van der Waals surface area contributed by atoms with Crippen molar-refractivity contribution in [3.63, 3.8) is 0 Å². The molecule has 0 heterocycles. The zero-order valence-electron chi connectivity index (χ0n) is 33.0. The van der Waals surface area contributed by atoms with Gasteiger partial charge < -0.3 is 20.5 Å². The predicted octanol–water partition coefficient (Wildman–Crippen LogP) is 9.87. The van der Waals surface area contributed by atoms with Crippen LogP contribution in [0.5, 0.6) is 0 Å². The average Bonchev–Trinajstić information content (AvgIpc) is 3.42. The summed E-state index contributed by atoms with van der Waals surface area (Å²) in [6, 6.07) is 10.1. The third kappa shape index (κ3) is 6.05. The van der Waals surface area contributed by atoms with Gasteiger partial charge in [0.15, 0.2) is 0 Å². The minimum Gasteiger partial charge on any atom is -0.481 e. The van der Waals surface area contributed by atoms with E-state index in [0.29, 0.717) is 29.6 Å². The quantitative estimate of drug-likeness (QED) is 0.185. The molecule has 5 aliphatic rings. The van der Waals surface area contributed by atoms with Gasteiger partial charge in [-0.25, -0.2) is 4.79 Å². The van der Waals surface area contributed by atoms with Crippen LogP contribution in [-0.2, 0) is 14.3 Å². The van der Waals surface area contributed by atoms with Crippen molar-refractivity contribution in [3.8, 4) is 0 Å². The summed E-state index contributed by atoms with van der Waals surface area (Å²) in [7, 11) is 0. The molecule has 7 heteroatoms. The zero-order valence-corrected chi connectivity index (χ0v) is 33.0. The SMILES string of the molecule is C=C(C)[C@@H]1CC[C@]2(NC(=O)N[C@@H](C)c3ccccc3)CC[C@]3(C)C(CCC4C5(C)CC[C@H](OC(=O)CC(C)(C)C(=O)O)C(C)(C)C5CCC43C)C12. The van der Waals surface area contributed by atoms with Crippen LogP contribution in [0, 0.1) is 56.7 Å². The van der Waals surface area contributed by atoms with Gasteiger partial charge in [-0.15, -0.1) is 0 Å². The van der Waals surface area contributed by atoms with Gasteiger partial charge in [-0.1, -0.05) is 77.1 Å². The highest BCUT2D eigenvalue weighted by molar-refractivity contribution is 5.81. The number of amides is 2. The highest BCUT2D eigenvalue weighted by Crippen LogP contribution is 2.76. The van der Waals surface area contributed by atoms with Gasteiger partial charge in [0.2, 0.25) is 0 Å². The van der Waals surface area contributed by atoms with Gasteiger partial charge in [0.1, 0.15) is 6.10 Å². The molecule has 0 saturated heterocycles. The minimum absolute atomic E-state index is 0.0542. The van der Waals surface area contributed by atoms with E-state index >= 15 is 0 Å². The van der Waals surface area contributed by atoms with Crippen LogP contribution < -0.4 is 10.6 Å². The Hall–Kier alpha value is -2.83. The van der Waals surface area contributed by atoms with Crippen molar-refractivity contribution in [2.45, 2.75) is 151 Å². The molecule has 5 fully saturated rings. The van der Waals surface area contributed by atoms with Crippen molar-refractivity contribution < 1.29 is 24.2 Å². The van der Waals surface area contributed by atoms with E-state index in [1.54, 1.807) is 13.8 Å². The molecule has 0 spiro atoms. The van der Waals surface area contributed by atoms with Crippen molar-refractivity contribution in [1.82, 2.24) is 10.6 Å². The summed E-state index contributed by atoms with van der Waals surface area (Å²) >= 11 is 0. The molecule has 2 amide bonds. The molecule has 6 rings (SSSR count). The summed E-state index contributed by atoms with van der Waals surface area (Å²) in [5.41, 5.74) is 1.21. The summed E-state index contributed by atoms with van der Waals surface area (Å²) in [5, 5.41) is 16.5. The normalized spacial score (nSPS) is 40.3. The average molecular weight is 703 g/mol. The molecular weight excluding hydrogens is 636 g/mol. The number of hydrogen-bond donors (Lipinski definition) is 3. The number of aliphatic carboxylic acids is 1. The lowest BCUT2D eigenvalue weighted by atomic mass is 9.32. The second-order valence-corrected chi connectivity index (χ2v) is 19.8. The van der Waals surface area contributed by atoms with Crippen LogP contribution in [0.4, 0.5) is 4.79 Å². The monoisotopic (exact) mass is 702 g/mol. The third-order valence-corrected chi connectivity index (χ3v) is 16.5. The number of hydrogen-bond acceptors (Lipinski definition) is 4. The van der Waals surface area contributed by atoms with Gasteiger partial charge in [0.05, 0.1) is 17.9 Å². The number of allylic oxidation sites excluding steroid dienone is 1. The minimum atomic E-state index is -1.15. The van der Waals surface area contributed by atoms with Gasteiger partial charge in [0.25, 0.3) is 0 Å². The lowest BCUT2D eigenvalue weighted by Gasteiger charge is -2.73. The maximum absolute atomic E-state index is 13.8. The van der Waals surface area contributed by atoms with E-state index in [0.717, 1.165) is 56.9 Å². The standard InChI is InChI=1S/C44H66N2O5/c1-27(2)30-18-23-44(46-38(50)45-28(3)29-14-12-11-13-15-29)25-24-42(9)31(36(30)44)16-17-33-41(8)21-20-34(51-35(47)26-39(4,5)37(48)49)40(6,7)32(41)19-22-43(33,42)10/h11-15,28,30-34,36H,1,16-26H2,2-10H3,(H,48,49)(H2,45,46,50)/t28-,30-,31?,32?,33?,34-,36?,41?,42+,43?,44-/m0/s1. The first-order valence-electron chi connectivity index (χ1n) is 19.9. The van der Waals surface area contributed by atoms with Crippen molar-refractivity contribution in [1.29, 1.82) is 0 Å². The number of rotatable bonds is 8. The second-order valence-electron chi connectivity index (χ2n) is 19.8. The first kappa shape index (κ1) is 37.9. The second kappa shape index (κ2) is 12.9. The molecule has 0 aliphatic heterocycles. The first-order chi connectivity index (χ1) is 23.7. The molecule has 282 valence electrons. The van der Waals surface area contributed by atoms with Crippen molar-refractivity contribution in [3.05, 3.63) is 48.0 Å². The lowest BCUT2D eigenvalue weighted by Crippen LogP contribution is -2.69. The smallest absolute Gasteiger partial charge is 0.315 e. The molecule has 5 aliphatic carbocycles. The molecule has 11 atom stereocenters. The number of carbonyl (C=O) groups excluding carboxylic acids is 2. The van der Waals surface area contributed by atoms with Gasteiger partial charge >= 0.3 is 18.0 Å². The van der Waals surface area contributed by atoms with Crippen molar-refractivity contribution >= 4 is 18.0 Å². The van der Waals surface area contributed by atoms with E-state index in [2.05, 4.69) is 77.8 Å². The number of esters is 1. The molecule has 0 radical (unpaired) electrons. The van der Waals surface area contributed by atoms with Crippen LogP contribution >= 0.6 is 0 Å². The van der Waals surface area contributed by atoms with E-state index in [9.17, 15) is 19.5 Å². The number of carbonyl (C=O) groups is 3. The number of nitrogens with one attached hydrogen (secondary N) is 2. The summed E-state index contributed by atoms with van der Waals surface area (Å²) in [6.07, 6.45) is 10.3. The van der Waals surface area contributed by atoms with Gasteiger partial charge in [-0.3, -0.25) is 9.59 Å². The van der Waals surface area contributed by atoms with E-state index in [4.69, 9.17) is 4.74 Å². The predicted molar refractivity (Wildman–Crippen MR) is 202 cm³/mol. The number of benzene rings is 1. The topological polar surface area (TPSA) is 105 Å². The Balaban J connectivity index is 1.23. The fourth-order valence-electron chi connectivity index (χ4n) is 13.5. The number of carboxylic acid groups (broad SMARTS) is 1. The van der Waals surface area contributed by atoms with Crippen molar-refractivity contribution in [2.24, 2.45) is 56.7 Å². The number of fused-ring (bicyclic) bond motifs is 7. The Morgan fingerprint density at radius 2 is 1.59 bits per heavy atom. The van der Waals surface area contributed by atoms with Gasteiger partial charge in [-0.05, 0) is 143 Å². The first-order valence-corrected chi connectivity index (χ1v) is 19.9. The Morgan fingerprint density at radius 3 is 2.24 bits per heavy atom. The fourth-order valence-corrected chi connectivity index (χ4v) is 13.5. The Labute approximate surface area is 307 Å². The molecule has 1 aromatic carbocycles. The molecule has 7 nitrogen and oxygen atoms in total. The number of urea groups is 1. The van der Waals surface area contributed by atoms with E-state index in [1.807, 2.05) is 18.2 Å². The van der Waals surface area contributed by atoms with Gasteiger partial charge in [-0.2, -0.15) is 0 Å². The molecular formula is C44H66N2O5. The maximum atomic E-state index is 13.8. The van der Waals surface area contributed by atoms with Gasteiger partial charge in [0, 0.05) is 11.0 Å². The van der Waals surface area contributed by atoms with Crippen LogP contribution in [0.1, 0.15) is 145 Å². The highest BCUT2D eigenvalue weighted by atomic mass is 16.5. The summed E-state index contributed by atoms with van der Waals surface area (Å²) in [4.78, 5) is 38.6. The zero-order chi connectivity index (χ0) is 37.4. The van der Waals surface area contributed by atoms with E-state index < -0.39 is 17.4 Å². The molecule has 0 bridgehead atoms.